The highest BCUT2D eigenvalue weighted by Gasteiger charge is 2.19. The minimum atomic E-state index is 0.580. The Labute approximate surface area is 354 Å². The Kier molecular flexibility index (Phi) is 7.50. The van der Waals surface area contributed by atoms with E-state index in [0.29, 0.717) is 17.5 Å². The van der Waals surface area contributed by atoms with Crippen LogP contribution in [0.1, 0.15) is 0 Å². The van der Waals surface area contributed by atoms with Gasteiger partial charge >= 0.3 is 0 Å². The quantitative estimate of drug-likeness (QED) is 0.162. The minimum Gasteiger partial charge on any atom is -0.456 e. The summed E-state index contributed by atoms with van der Waals surface area (Å²) in [5.74, 6) is 1.79. The normalized spacial score (nSPS) is 11.9. The molecule has 6 nitrogen and oxygen atoms in total. The van der Waals surface area contributed by atoms with Crippen molar-refractivity contribution in [2.24, 2.45) is 0 Å². The van der Waals surface area contributed by atoms with Gasteiger partial charge in [0.05, 0.1) is 11.2 Å². The number of para-hydroxylation sites is 2. The molecule has 0 spiro atoms. The molecule has 0 fully saturated rings. The lowest BCUT2D eigenvalue weighted by Gasteiger charge is -2.13. The average molecular weight is 793 g/mol. The Morgan fingerprint density at radius 3 is 1.71 bits per heavy atom. The van der Waals surface area contributed by atoms with E-state index < -0.39 is 0 Å². The fraction of sp³-hybridized carbons (Fsp3) is 0. The molecule has 288 valence electrons. The largest absolute Gasteiger partial charge is 0.456 e. The molecule has 0 saturated heterocycles. The number of benzene rings is 9. The molecule has 0 aliphatic heterocycles. The van der Waals surface area contributed by atoms with Gasteiger partial charge in [-0.25, -0.2) is 19.9 Å². The first kappa shape index (κ1) is 34.4. The van der Waals surface area contributed by atoms with Gasteiger partial charge in [0.2, 0.25) is 0 Å². The predicted molar refractivity (Wildman–Crippen MR) is 252 cm³/mol. The Hall–Kier alpha value is -8.48. The third-order valence-electron chi connectivity index (χ3n) is 12.1. The second-order valence-corrected chi connectivity index (χ2v) is 15.7. The molecule has 0 N–H and O–H groups in total. The van der Waals surface area contributed by atoms with Crippen molar-refractivity contribution in [3.05, 3.63) is 194 Å². The lowest BCUT2D eigenvalue weighted by molar-refractivity contribution is 0.668. The number of rotatable bonds is 5. The second kappa shape index (κ2) is 13.5. The van der Waals surface area contributed by atoms with E-state index >= 15 is 0 Å². The van der Waals surface area contributed by atoms with E-state index in [0.717, 1.165) is 115 Å². The lowest BCUT2D eigenvalue weighted by Crippen LogP contribution is -2.00. The van der Waals surface area contributed by atoms with Crippen LogP contribution in [-0.4, -0.2) is 19.9 Å². The Morgan fingerprint density at radius 1 is 0.290 bits per heavy atom. The van der Waals surface area contributed by atoms with Gasteiger partial charge in [0, 0.05) is 60.0 Å². The highest BCUT2D eigenvalue weighted by Crippen LogP contribution is 2.42. The minimum absolute atomic E-state index is 0.580. The first-order valence-electron chi connectivity index (χ1n) is 20.7. The third kappa shape index (κ3) is 5.44. The summed E-state index contributed by atoms with van der Waals surface area (Å²) in [6.45, 7) is 0. The second-order valence-electron chi connectivity index (χ2n) is 15.7. The van der Waals surface area contributed by atoms with Crippen LogP contribution in [0.25, 0.3) is 133 Å². The van der Waals surface area contributed by atoms with Gasteiger partial charge < -0.3 is 8.83 Å². The van der Waals surface area contributed by atoms with Crippen LogP contribution in [0.4, 0.5) is 0 Å². The van der Waals surface area contributed by atoms with E-state index in [1.165, 1.54) is 0 Å². The average Bonchev–Trinajstić information content (AvgIpc) is 3.92. The first-order chi connectivity index (χ1) is 30.7. The van der Waals surface area contributed by atoms with Crippen LogP contribution in [0.5, 0.6) is 0 Å². The van der Waals surface area contributed by atoms with Gasteiger partial charge in [0.25, 0.3) is 0 Å². The molecule has 4 aromatic heterocycles. The van der Waals surface area contributed by atoms with Crippen molar-refractivity contribution in [3.8, 4) is 56.5 Å². The fourth-order valence-corrected chi connectivity index (χ4v) is 9.17. The van der Waals surface area contributed by atoms with E-state index in [9.17, 15) is 0 Å². The molecular formula is C56H32N4O2. The molecule has 0 saturated carbocycles. The van der Waals surface area contributed by atoms with Crippen molar-refractivity contribution in [2.75, 3.05) is 0 Å². The van der Waals surface area contributed by atoms with Gasteiger partial charge in [-0.3, -0.25) is 0 Å². The number of fused-ring (bicyclic) bond motifs is 11. The van der Waals surface area contributed by atoms with Gasteiger partial charge in [-0.15, -0.1) is 0 Å². The van der Waals surface area contributed by atoms with Gasteiger partial charge in [-0.1, -0.05) is 146 Å². The zero-order valence-electron chi connectivity index (χ0n) is 33.1. The maximum Gasteiger partial charge on any atom is 0.164 e. The highest BCUT2D eigenvalue weighted by atomic mass is 16.3. The molecule has 0 atom stereocenters. The molecule has 13 aromatic rings. The number of hydrogen-bond acceptors (Lipinski definition) is 6. The number of nitrogens with zero attached hydrogens (tertiary/aromatic N) is 4. The molecule has 0 aliphatic carbocycles. The van der Waals surface area contributed by atoms with Crippen LogP contribution in [0.2, 0.25) is 0 Å². The Bertz CT molecular complexity index is 3930. The van der Waals surface area contributed by atoms with Crippen molar-refractivity contribution < 1.29 is 8.83 Å². The van der Waals surface area contributed by atoms with Crippen LogP contribution in [-0.2, 0) is 0 Å². The van der Waals surface area contributed by atoms with Crippen LogP contribution in [0, 0.1) is 0 Å². The van der Waals surface area contributed by atoms with Crippen LogP contribution in [0.15, 0.2) is 203 Å². The predicted octanol–water partition coefficient (Wildman–Crippen LogP) is 14.9. The van der Waals surface area contributed by atoms with Crippen LogP contribution in [0.3, 0.4) is 0 Å². The van der Waals surface area contributed by atoms with E-state index in [-0.39, 0.29) is 0 Å². The first-order valence-corrected chi connectivity index (χ1v) is 20.7. The van der Waals surface area contributed by atoms with E-state index in [1.54, 1.807) is 0 Å². The number of hydrogen-bond donors (Lipinski definition) is 0. The van der Waals surface area contributed by atoms with E-state index in [4.69, 9.17) is 28.8 Å². The fourth-order valence-electron chi connectivity index (χ4n) is 9.17. The van der Waals surface area contributed by atoms with Crippen molar-refractivity contribution >= 4 is 76.3 Å². The molecule has 0 bridgehead atoms. The summed E-state index contributed by atoms with van der Waals surface area (Å²) in [6.07, 6.45) is 0. The topological polar surface area (TPSA) is 77.8 Å². The maximum absolute atomic E-state index is 6.38. The molecule has 62 heavy (non-hydrogen) atoms. The number of furan rings is 2. The zero-order chi connectivity index (χ0) is 40.7. The highest BCUT2D eigenvalue weighted by molar-refractivity contribution is 6.28. The third-order valence-corrected chi connectivity index (χ3v) is 12.1. The Balaban J connectivity index is 0.960. The van der Waals surface area contributed by atoms with Crippen LogP contribution < -0.4 is 0 Å². The standard InChI is InChI=1S/C56H32N4O2/c1-3-12-33(13-4-1)53-45-28-29-49-52(44-18-8-10-21-48(44)61-49)51(45)43-27-23-36(31-46(43)57-53)35-22-25-39-37(30-35)16-11-19-42(39)56-59-54(34-14-5-2-6-15-34)58-55(60-56)38-24-26-41-40-17-7-9-20-47(40)62-50(41)32-38/h1-32H. The van der Waals surface area contributed by atoms with Gasteiger partial charge in [0.15, 0.2) is 17.5 Å². The summed E-state index contributed by atoms with van der Waals surface area (Å²) in [6, 6.07) is 66.9. The smallest absolute Gasteiger partial charge is 0.164 e. The molecule has 4 heterocycles. The van der Waals surface area contributed by atoms with Gasteiger partial charge in [-0.05, 0) is 70.4 Å². The molecule has 6 heteroatoms. The zero-order valence-corrected chi connectivity index (χ0v) is 33.1. The molecule has 0 unspecified atom stereocenters. The summed E-state index contributed by atoms with van der Waals surface area (Å²) < 4.78 is 12.6. The van der Waals surface area contributed by atoms with Gasteiger partial charge in [0.1, 0.15) is 22.3 Å². The summed E-state index contributed by atoms with van der Waals surface area (Å²) in [5, 5.41) is 9.81. The van der Waals surface area contributed by atoms with Crippen molar-refractivity contribution in [2.45, 2.75) is 0 Å². The number of pyridine rings is 1. The van der Waals surface area contributed by atoms with E-state index in [2.05, 4.69) is 121 Å². The lowest BCUT2D eigenvalue weighted by atomic mass is 9.94. The Morgan fingerprint density at radius 2 is 0.887 bits per heavy atom. The monoisotopic (exact) mass is 792 g/mol. The summed E-state index contributed by atoms with van der Waals surface area (Å²) in [5.41, 5.74) is 11.2. The summed E-state index contributed by atoms with van der Waals surface area (Å²) >= 11 is 0. The molecule has 13 rings (SSSR count). The van der Waals surface area contributed by atoms with Crippen molar-refractivity contribution in [3.63, 3.8) is 0 Å². The molecule has 0 aliphatic rings. The van der Waals surface area contributed by atoms with Gasteiger partial charge in [-0.2, -0.15) is 0 Å². The van der Waals surface area contributed by atoms with Crippen molar-refractivity contribution in [1.29, 1.82) is 0 Å². The maximum atomic E-state index is 6.38. The summed E-state index contributed by atoms with van der Waals surface area (Å²) in [7, 11) is 0. The van der Waals surface area contributed by atoms with E-state index in [1.807, 2.05) is 72.8 Å². The molecule has 0 radical (unpaired) electrons. The van der Waals surface area contributed by atoms with Crippen LogP contribution >= 0.6 is 0 Å². The van der Waals surface area contributed by atoms with Crippen molar-refractivity contribution in [1.82, 2.24) is 19.9 Å². The summed E-state index contributed by atoms with van der Waals surface area (Å²) in [4.78, 5) is 20.6. The molecule has 9 aromatic carbocycles. The number of aromatic nitrogens is 4. The molecular weight excluding hydrogens is 761 g/mol. The molecule has 0 amide bonds. The SMILES string of the molecule is c1ccc(-c2nc(-c3ccc4c(c3)oc3ccccc34)nc(-c3cccc4cc(-c5ccc6c(c5)nc(-c5ccccc5)c5ccc7oc8ccccc8c7c56)ccc34)n2)cc1.